The number of aromatic nitrogens is 3. The van der Waals surface area contributed by atoms with Crippen molar-refractivity contribution in [2.24, 2.45) is 14.1 Å². The van der Waals surface area contributed by atoms with Crippen molar-refractivity contribution in [3.05, 3.63) is 96.8 Å². The number of ether oxygens (including phenoxy) is 1. The fourth-order valence-electron chi connectivity index (χ4n) is 6.21. The lowest BCUT2D eigenvalue weighted by atomic mass is 9.96. The van der Waals surface area contributed by atoms with Crippen LogP contribution < -0.4 is 37.3 Å². The van der Waals surface area contributed by atoms with Crippen LogP contribution in [0, 0.1) is 6.92 Å². The summed E-state index contributed by atoms with van der Waals surface area (Å²) in [6.45, 7) is 3.65. The van der Waals surface area contributed by atoms with Crippen LogP contribution in [0.1, 0.15) is 46.3 Å². The number of aryl methyl sites for hydroxylation is 2. The predicted octanol–water partition coefficient (Wildman–Crippen LogP) is 4.19. The number of benzene rings is 2. The molecule has 2 aromatic carbocycles. The Morgan fingerprint density at radius 2 is 1.82 bits per heavy atom. The fourth-order valence-corrected chi connectivity index (χ4v) is 6.53. The zero-order chi connectivity index (χ0) is 35.2. The first-order valence-electron chi connectivity index (χ1n) is 16.3. The number of carbonyl (C=O) groups is 2. The van der Waals surface area contributed by atoms with E-state index in [0.29, 0.717) is 22.6 Å². The van der Waals surface area contributed by atoms with Gasteiger partial charge in [-0.05, 0) is 81.4 Å². The maximum absolute atomic E-state index is 13.0. The van der Waals surface area contributed by atoms with Crippen LogP contribution >= 0.6 is 11.6 Å². The van der Waals surface area contributed by atoms with Crippen LogP contribution in [-0.2, 0) is 26.9 Å². The molecule has 4 aromatic rings. The summed E-state index contributed by atoms with van der Waals surface area (Å²) in [7, 11) is 6.39. The summed E-state index contributed by atoms with van der Waals surface area (Å²) in [6, 6.07) is 13.7. The number of methoxy groups -OCH3 is 1. The molecule has 1 aliphatic carbocycles. The normalized spacial score (nSPS) is 15.0. The Hall–Kier alpha value is -4.94. The highest BCUT2D eigenvalue weighted by Crippen LogP contribution is 2.40. The molecule has 12 nitrogen and oxygen atoms in total. The third-order valence-corrected chi connectivity index (χ3v) is 9.35. The molecule has 2 aromatic heterocycles. The minimum atomic E-state index is -0.660. The molecule has 49 heavy (non-hydrogen) atoms. The number of nitrogens with zero attached hydrogens (tertiary/aromatic N) is 3. The van der Waals surface area contributed by atoms with Gasteiger partial charge in [-0.2, -0.15) is 0 Å². The van der Waals surface area contributed by atoms with E-state index in [9.17, 15) is 19.2 Å². The van der Waals surface area contributed by atoms with Gasteiger partial charge in [-0.3, -0.25) is 14.2 Å². The SMILES string of the molecule is CNCCC1CCNC(=O)N1.COc1nc(-c2cccc(-c3cccc(NC(=O)c4cn(C)c(=O)n(C)c4=O)c3C)c2Cl)cc2c1CCC2. The Morgan fingerprint density at radius 1 is 1.08 bits per heavy atom. The average Bonchev–Trinajstić information content (AvgIpc) is 3.58. The van der Waals surface area contributed by atoms with Gasteiger partial charge in [0.05, 0.1) is 17.8 Å². The first-order chi connectivity index (χ1) is 23.5. The maximum atomic E-state index is 13.0. The second-order valence-corrected chi connectivity index (χ2v) is 12.6. The van der Waals surface area contributed by atoms with Crippen LogP contribution in [0.2, 0.25) is 5.02 Å². The Balaban J connectivity index is 0.000000363. The molecule has 4 N–H and O–H groups in total. The highest BCUT2D eigenvalue weighted by atomic mass is 35.5. The molecular formula is C36H42ClN7O5. The van der Waals surface area contributed by atoms with Crippen molar-refractivity contribution in [2.75, 3.05) is 32.6 Å². The number of hydrogen-bond donors (Lipinski definition) is 4. The number of nitrogens with one attached hydrogen (secondary N) is 4. The smallest absolute Gasteiger partial charge is 0.330 e. The zero-order valence-corrected chi connectivity index (χ0v) is 29.2. The summed E-state index contributed by atoms with van der Waals surface area (Å²) in [6.07, 6.45) is 6.32. The lowest BCUT2D eigenvalue weighted by Crippen LogP contribution is -2.49. The highest BCUT2D eigenvalue weighted by molar-refractivity contribution is 6.36. The minimum Gasteiger partial charge on any atom is -0.481 e. The minimum absolute atomic E-state index is 0.0302. The Kier molecular flexibility index (Phi) is 11.2. The number of amides is 3. The van der Waals surface area contributed by atoms with E-state index >= 15 is 0 Å². The molecule has 1 unspecified atom stereocenters. The van der Waals surface area contributed by atoms with Gasteiger partial charge in [0.2, 0.25) is 5.88 Å². The van der Waals surface area contributed by atoms with Crippen molar-refractivity contribution in [2.45, 2.75) is 45.1 Å². The Bertz CT molecular complexity index is 2010. The molecule has 6 rings (SSSR count). The number of halogens is 1. The van der Waals surface area contributed by atoms with Crippen LogP contribution in [0.4, 0.5) is 10.5 Å². The number of carbonyl (C=O) groups excluding carboxylic acids is 2. The second kappa shape index (κ2) is 15.5. The maximum Gasteiger partial charge on any atom is 0.330 e. The van der Waals surface area contributed by atoms with Gasteiger partial charge in [0.25, 0.3) is 11.5 Å². The lowest BCUT2D eigenvalue weighted by Gasteiger charge is -2.23. The van der Waals surface area contributed by atoms with E-state index < -0.39 is 17.2 Å². The number of hydrogen-bond acceptors (Lipinski definition) is 7. The summed E-state index contributed by atoms with van der Waals surface area (Å²) in [5, 5.41) is 12.0. The van der Waals surface area contributed by atoms with Crippen LogP contribution in [0.5, 0.6) is 5.88 Å². The quantitative estimate of drug-likeness (QED) is 0.217. The van der Waals surface area contributed by atoms with Crippen LogP contribution in [-0.4, -0.2) is 59.3 Å². The summed E-state index contributed by atoms with van der Waals surface area (Å²) in [4.78, 5) is 53.1. The molecule has 1 aliphatic heterocycles. The van der Waals surface area contributed by atoms with Crippen LogP contribution in [0.15, 0.2) is 58.3 Å². The van der Waals surface area contributed by atoms with Gasteiger partial charge in [-0.25, -0.2) is 14.6 Å². The molecule has 1 atom stereocenters. The van der Waals surface area contributed by atoms with Crippen molar-refractivity contribution in [3.63, 3.8) is 0 Å². The number of urea groups is 1. The third kappa shape index (κ3) is 7.71. The molecule has 1 saturated heterocycles. The predicted molar refractivity (Wildman–Crippen MR) is 192 cm³/mol. The van der Waals surface area contributed by atoms with Crippen LogP contribution in [0.25, 0.3) is 22.4 Å². The second-order valence-electron chi connectivity index (χ2n) is 12.2. The summed E-state index contributed by atoms with van der Waals surface area (Å²) >= 11 is 6.98. The molecule has 0 radical (unpaired) electrons. The highest BCUT2D eigenvalue weighted by Gasteiger charge is 2.22. The average molecular weight is 688 g/mol. The van der Waals surface area contributed by atoms with E-state index in [1.165, 1.54) is 30.4 Å². The number of anilines is 1. The standard InChI is InChI=1S/C29H27ClN4O4.C7H15N3O/c1-16-18(9-7-13-23(16)31-26(35)22-15-33(2)29(37)34(3)28(22)36)20-11-6-12-21(25(20)30)24-14-17-8-5-10-19(17)27(32-24)38-4;1-8-4-2-6-3-5-9-7(11)10-6/h6-7,9,11-15H,5,8,10H2,1-4H3,(H,31,35);6,8H,2-5H2,1H3,(H2,9,10,11). The summed E-state index contributed by atoms with van der Waals surface area (Å²) in [5.41, 5.74) is 5.58. The van der Waals surface area contributed by atoms with E-state index in [1.807, 2.05) is 44.3 Å². The molecule has 0 bridgehead atoms. The molecule has 2 aliphatic rings. The first kappa shape index (κ1) is 35.4. The fraction of sp³-hybridized carbons (Fsp3) is 0.361. The van der Waals surface area contributed by atoms with Crippen LogP contribution in [0.3, 0.4) is 0 Å². The van der Waals surface area contributed by atoms with E-state index in [4.69, 9.17) is 21.3 Å². The topological polar surface area (TPSA) is 148 Å². The van der Waals surface area contributed by atoms with Crippen molar-refractivity contribution in [3.8, 4) is 28.3 Å². The molecule has 0 saturated carbocycles. The van der Waals surface area contributed by atoms with Gasteiger partial charge in [-0.15, -0.1) is 0 Å². The molecule has 3 amide bonds. The molecular weight excluding hydrogens is 646 g/mol. The largest absolute Gasteiger partial charge is 0.481 e. The summed E-state index contributed by atoms with van der Waals surface area (Å²) in [5.74, 6) is 0.0395. The number of fused-ring (bicyclic) bond motifs is 1. The van der Waals surface area contributed by atoms with Gasteiger partial charge >= 0.3 is 11.7 Å². The molecule has 258 valence electrons. The van der Waals surface area contributed by atoms with E-state index in [-0.39, 0.29) is 11.6 Å². The van der Waals surface area contributed by atoms with Crippen molar-refractivity contribution in [1.82, 2.24) is 30.1 Å². The van der Waals surface area contributed by atoms with Gasteiger partial charge in [0, 0.05) is 55.3 Å². The van der Waals surface area contributed by atoms with Gasteiger partial charge in [-0.1, -0.05) is 41.9 Å². The zero-order valence-electron chi connectivity index (χ0n) is 28.4. The Morgan fingerprint density at radius 3 is 2.55 bits per heavy atom. The van der Waals surface area contributed by atoms with Crippen molar-refractivity contribution in [1.29, 1.82) is 0 Å². The summed E-state index contributed by atoms with van der Waals surface area (Å²) < 4.78 is 7.68. The van der Waals surface area contributed by atoms with E-state index in [2.05, 4.69) is 27.3 Å². The number of rotatable bonds is 8. The molecule has 1 fully saturated rings. The van der Waals surface area contributed by atoms with Gasteiger partial charge in [0.15, 0.2) is 0 Å². The van der Waals surface area contributed by atoms with E-state index in [1.54, 1.807) is 13.2 Å². The Labute approximate surface area is 289 Å². The molecule has 13 heteroatoms. The van der Waals surface area contributed by atoms with E-state index in [0.717, 1.165) is 83.3 Å². The first-order valence-corrected chi connectivity index (χ1v) is 16.6. The van der Waals surface area contributed by atoms with Crippen molar-refractivity contribution < 1.29 is 14.3 Å². The monoisotopic (exact) mass is 687 g/mol. The lowest BCUT2D eigenvalue weighted by molar-refractivity contribution is 0.102. The van der Waals surface area contributed by atoms with Gasteiger partial charge in [0.1, 0.15) is 5.56 Å². The third-order valence-electron chi connectivity index (χ3n) is 8.94. The van der Waals surface area contributed by atoms with Gasteiger partial charge < -0.3 is 30.6 Å². The molecule has 3 heterocycles. The number of pyridine rings is 1. The van der Waals surface area contributed by atoms with Crippen molar-refractivity contribution >= 4 is 29.2 Å². The molecule has 0 spiro atoms.